The van der Waals surface area contributed by atoms with Gasteiger partial charge in [-0.05, 0) is 50.4 Å². The van der Waals surface area contributed by atoms with Crippen molar-refractivity contribution < 1.29 is 14.3 Å². The van der Waals surface area contributed by atoms with E-state index in [9.17, 15) is 4.79 Å². The lowest BCUT2D eigenvalue weighted by molar-refractivity contribution is -0.126. The predicted molar refractivity (Wildman–Crippen MR) is 92.2 cm³/mol. The van der Waals surface area contributed by atoms with Crippen molar-refractivity contribution in [1.82, 2.24) is 15.3 Å². The van der Waals surface area contributed by atoms with E-state index in [1.165, 1.54) is 6.42 Å². The van der Waals surface area contributed by atoms with Crippen LogP contribution in [0.3, 0.4) is 0 Å². The maximum absolute atomic E-state index is 12.5. The zero-order chi connectivity index (χ0) is 17.2. The van der Waals surface area contributed by atoms with Crippen LogP contribution in [-0.4, -0.2) is 35.1 Å². The first-order valence-corrected chi connectivity index (χ1v) is 9.23. The van der Waals surface area contributed by atoms with Gasteiger partial charge in [0.1, 0.15) is 6.10 Å². The third-order valence-electron chi connectivity index (χ3n) is 5.74. The standard InChI is InChI=1S/C19H25N3O3/c1-24-18-19(21-9-8-20-18)25-15-6-4-14(5-7-15)22-17(23)16-11-12-2-3-13(16)10-12/h2-3,8-9,12-16H,4-7,10-11H2,1H3,(H,22,23). The Morgan fingerprint density at radius 3 is 2.48 bits per heavy atom. The fraction of sp³-hybridized carbons (Fsp3) is 0.632. The molecule has 1 aromatic heterocycles. The van der Waals surface area contributed by atoms with Crippen LogP contribution in [0.25, 0.3) is 0 Å². The zero-order valence-electron chi connectivity index (χ0n) is 14.6. The molecule has 25 heavy (non-hydrogen) atoms. The Kier molecular flexibility index (Phi) is 4.59. The average molecular weight is 343 g/mol. The summed E-state index contributed by atoms with van der Waals surface area (Å²) in [7, 11) is 1.56. The van der Waals surface area contributed by atoms with Gasteiger partial charge in [-0.25, -0.2) is 9.97 Å². The summed E-state index contributed by atoms with van der Waals surface area (Å²) in [5.41, 5.74) is 0. The largest absolute Gasteiger partial charge is 0.477 e. The molecule has 2 bridgehead atoms. The van der Waals surface area contributed by atoms with Crippen molar-refractivity contribution in [3.63, 3.8) is 0 Å². The molecule has 4 rings (SSSR count). The van der Waals surface area contributed by atoms with E-state index in [1.807, 2.05) is 0 Å². The molecule has 3 aliphatic rings. The van der Waals surface area contributed by atoms with E-state index in [0.717, 1.165) is 32.1 Å². The molecule has 3 unspecified atom stereocenters. The van der Waals surface area contributed by atoms with Crippen molar-refractivity contribution in [2.45, 2.75) is 50.7 Å². The summed E-state index contributed by atoms with van der Waals surface area (Å²) in [6.45, 7) is 0. The van der Waals surface area contributed by atoms with Gasteiger partial charge in [0.15, 0.2) is 0 Å². The quantitative estimate of drug-likeness (QED) is 0.832. The number of allylic oxidation sites excluding steroid dienone is 2. The van der Waals surface area contributed by atoms with Crippen LogP contribution in [0.2, 0.25) is 0 Å². The van der Waals surface area contributed by atoms with Crippen LogP contribution in [0.5, 0.6) is 11.8 Å². The summed E-state index contributed by atoms with van der Waals surface area (Å²) in [6, 6.07) is 0.263. The summed E-state index contributed by atoms with van der Waals surface area (Å²) in [6.07, 6.45) is 13.7. The van der Waals surface area contributed by atoms with Gasteiger partial charge in [-0.15, -0.1) is 0 Å². The van der Waals surface area contributed by atoms with Gasteiger partial charge in [0.2, 0.25) is 5.91 Å². The first kappa shape index (κ1) is 16.4. The topological polar surface area (TPSA) is 73.3 Å². The van der Waals surface area contributed by atoms with E-state index in [2.05, 4.69) is 27.4 Å². The molecule has 1 N–H and O–H groups in total. The predicted octanol–water partition coefficient (Wildman–Crippen LogP) is 2.50. The van der Waals surface area contributed by atoms with Gasteiger partial charge in [0.05, 0.1) is 7.11 Å². The number of carbonyl (C=O) groups is 1. The number of rotatable bonds is 5. The minimum atomic E-state index is 0.101. The lowest BCUT2D eigenvalue weighted by atomic mass is 9.90. The van der Waals surface area contributed by atoms with Gasteiger partial charge < -0.3 is 14.8 Å². The molecule has 2 saturated carbocycles. The fourth-order valence-corrected chi connectivity index (χ4v) is 4.41. The van der Waals surface area contributed by atoms with Gasteiger partial charge in [0.25, 0.3) is 11.8 Å². The highest BCUT2D eigenvalue weighted by Crippen LogP contribution is 2.43. The van der Waals surface area contributed by atoms with Gasteiger partial charge in [-0.1, -0.05) is 12.2 Å². The summed E-state index contributed by atoms with van der Waals surface area (Å²) >= 11 is 0. The average Bonchev–Trinajstić information content (AvgIpc) is 3.27. The van der Waals surface area contributed by atoms with Crippen LogP contribution in [0.1, 0.15) is 38.5 Å². The highest BCUT2D eigenvalue weighted by atomic mass is 16.5. The van der Waals surface area contributed by atoms with Crippen LogP contribution in [-0.2, 0) is 4.79 Å². The Balaban J connectivity index is 1.26. The second kappa shape index (κ2) is 7.02. The number of hydrogen-bond acceptors (Lipinski definition) is 5. The van der Waals surface area contributed by atoms with E-state index >= 15 is 0 Å². The number of nitrogens with one attached hydrogen (secondary N) is 1. The number of fused-ring (bicyclic) bond motifs is 2. The van der Waals surface area contributed by atoms with Crippen molar-refractivity contribution >= 4 is 5.91 Å². The molecule has 0 aliphatic heterocycles. The Morgan fingerprint density at radius 1 is 1.08 bits per heavy atom. The monoisotopic (exact) mass is 343 g/mol. The Morgan fingerprint density at radius 2 is 1.84 bits per heavy atom. The first-order valence-electron chi connectivity index (χ1n) is 9.23. The van der Waals surface area contributed by atoms with E-state index in [4.69, 9.17) is 9.47 Å². The minimum absolute atomic E-state index is 0.101. The lowest BCUT2D eigenvalue weighted by Gasteiger charge is -2.30. The maximum atomic E-state index is 12.5. The van der Waals surface area contributed by atoms with Crippen molar-refractivity contribution in [1.29, 1.82) is 0 Å². The highest BCUT2D eigenvalue weighted by molar-refractivity contribution is 5.80. The number of aromatic nitrogens is 2. The van der Waals surface area contributed by atoms with E-state index in [-0.39, 0.29) is 24.0 Å². The molecule has 1 aromatic rings. The van der Waals surface area contributed by atoms with Gasteiger partial charge >= 0.3 is 0 Å². The molecule has 3 aliphatic carbocycles. The number of nitrogens with zero attached hydrogens (tertiary/aromatic N) is 2. The molecular weight excluding hydrogens is 318 g/mol. The van der Waals surface area contributed by atoms with Crippen LogP contribution in [0.4, 0.5) is 0 Å². The molecule has 134 valence electrons. The molecule has 0 aromatic carbocycles. The maximum Gasteiger partial charge on any atom is 0.278 e. The molecule has 3 atom stereocenters. The van der Waals surface area contributed by atoms with Crippen molar-refractivity contribution in [2.24, 2.45) is 17.8 Å². The van der Waals surface area contributed by atoms with Gasteiger partial charge in [-0.3, -0.25) is 4.79 Å². The summed E-state index contributed by atoms with van der Waals surface area (Å²) in [5.74, 6) is 2.40. The molecule has 6 heteroatoms. The molecule has 0 saturated heterocycles. The van der Waals surface area contributed by atoms with Gasteiger partial charge in [-0.2, -0.15) is 0 Å². The lowest BCUT2D eigenvalue weighted by Crippen LogP contribution is -2.43. The second-order valence-corrected chi connectivity index (χ2v) is 7.36. The third kappa shape index (κ3) is 3.48. The Hall–Kier alpha value is -2.11. The highest BCUT2D eigenvalue weighted by Gasteiger charge is 2.40. The van der Waals surface area contributed by atoms with Crippen LogP contribution < -0.4 is 14.8 Å². The number of amides is 1. The van der Waals surface area contributed by atoms with Crippen LogP contribution in [0, 0.1) is 17.8 Å². The van der Waals surface area contributed by atoms with E-state index in [0.29, 0.717) is 23.6 Å². The molecule has 1 amide bonds. The number of carbonyl (C=O) groups excluding carboxylic acids is 1. The molecule has 2 fully saturated rings. The normalized spacial score (nSPS) is 33.2. The van der Waals surface area contributed by atoms with Crippen molar-refractivity contribution in [3.05, 3.63) is 24.5 Å². The SMILES string of the molecule is COc1nccnc1OC1CCC(NC(=O)C2CC3C=CC2C3)CC1. The third-order valence-corrected chi connectivity index (χ3v) is 5.74. The Labute approximate surface area is 148 Å². The minimum Gasteiger partial charge on any atom is -0.477 e. The molecule has 1 heterocycles. The number of ether oxygens (including phenoxy) is 2. The molecule has 0 spiro atoms. The smallest absolute Gasteiger partial charge is 0.278 e. The second-order valence-electron chi connectivity index (χ2n) is 7.36. The van der Waals surface area contributed by atoms with Crippen molar-refractivity contribution in [3.8, 4) is 11.8 Å². The first-order chi connectivity index (χ1) is 12.2. The molecule has 6 nitrogen and oxygen atoms in total. The van der Waals surface area contributed by atoms with E-state index in [1.54, 1.807) is 19.5 Å². The summed E-state index contributed by atoms with van der Waals surface area (Å²) < 4.78 is 11.1. The fourth-order valence-electron chi connectivity index (χ4n) is 4.41. The molecule has 0 radical (unpaired) electrons. The van der Waals surface area contributed by atoms with Gasteiger partial charge in [0, 0.05) is 24.4 Å². The zero-order valence-corrected chi connectivity index (χ0v) is 14.6. The van der Waals surface area contributed by atoms with Crippen molar-refractivity contribution in [2.75, 3.05) is 7.11 Å². The number of hydrogen-bond donors (Lipinski definition) is 1. The molecular formula is C19H25N3O3. The summed E-state index contributed by atoms with van der Waals surface area (Å²) in [5, 5.41) is 3.27. The van der Waals surface area contributed by atoms with E-state index < -0.39 is 0 Å². The summed E-state index contributed by atoms with van der Waals surface area (Å²) in [4.78, 5) is 20.9. The number of methoxy groups -OCH3 is 1. The van der Waals surface area contributed by atoms with Crippen LogP contribution >= 0.6 is 0 Å². The van der Waals surface area contributed by atoms with Crippen LogP contribution in [0.15, 0.2) is 24.5 Å². The Bertz CT molecular complexity index is 655.